The molecule has 3 aliphatic heterocycles. The van der Waals surface area contributed by atoms with Gasteiger partial charge in [-0.1, -0.05) is 13.0 Å². The average Bonchev–Trinajstić information content (AvgIpc) is 2.84. The van der Waals surface area contributed by atoms with Gasteiger partial charge in [-0.05, 0) is 44.4 Å². The number of likely N-dealkylation sites (N-methyl/N-ethyl adjacent to an activating group) is 1. The molecule has 0 spiro atoms. The van der Waals surface area contributed by atoms with Crippen molar-refractivity contribution in [2.75, 3.05) is 20.1 Å². The number of piperidine rings is 1. The van der Waals surface area contributed by atoms with E-state index in [0.29, 0.717) is 30.8 Å². The maximum atomic E-state index is 13.2. The summed E-state index contributed by atoms with van der Waals surface area (Å²) in [5, 5.41) is 3.10. The van der Waals surface area contributed by atoms with Crippen LogP contribution in [0.2, 0.25) is 0 Å². The number of aryl methyl sites for hydroxylation is 1. The van der Waals surface area contributed by atoms with Crippen LogP contribution in [0.5, 0.6) is 0 Å². The molecule has 1 N–H and O–H groups in total. The first-order chi connectivity index (χ1) is 13.4. The van der Waals surface area contributed by atoms with E-state index in [9.17, 15) is 14.4 Å². The van der Waals surface area contributed by atoms with Gasteiger partial charge < -0.3 is 9.80 Å². The third-order valence-corrected chi connectivity index (χ3v) is 6.15. The normalized spacial score (nSPS) is 21.9. The highest BCUT2D eigenvalue weighted by Gasteiger charge is 2.40. The number of hydrogen-bond donors (Lipinski definition) is 1. The van der Waals surface area contributed by atoms with Crippen molar-refractivity contribution in [2.45, 2.75) is 39.2 Å². The molecule has 3 aliphatic rings. The standard InChI is InChI=1S/C21H26N4O3/c1-4-18-13(2)22-25(21(18)28)16-7-5-6-14(10-16)20(27)24-11-15-8-9-17(12-24)23(3)19(15)26/h5-7,10,15,17,22H,4,8-9,11-12H2,1-3H3/t15-,17+/m0/s1. The third kappa shape index (κ3) is 2.95. The van der Waals surface area contributed by atoms with Crippen molar-refractivity contribution < 1.29 is 9.59 Å². The van der Waals surface area contributed by atoms with E-state index in [1.54, 1.807) is 28.0 Å². The molecule has 0 saturated carbocycles. The van der Waals surface area contributed by atoms with Crippen molar-refractivity contribution in [1.29, 1.82) is 0 Å². The second-order valence-corrected chi connectivity index (χ2v) is 7.85. The smallest absolute Gasteiger partial charge is 0.274 e. The summed E-state index contributed by atoms with van der Waals surface area (Å²) in [5.74, 6) is -0.0635. The number of hydrogen-bond acceptors (Lipinski definition) is 3. The molecule has 7 heteroatoms. The van der Waals surface area contributed by atoms with Gasteiger partial charge in [-0.25, -0.2) is 4.68 Å². The largest absolute Gasteiger partial charge is 0.341 e. The minimum absolute atomic E-state index is 0.0790. The van der Waals surface area contributed by atoms with E-state index in [4.69, 9.17) is 0 Å². The van der Waals surface area contributed by atoms with Crippen LogP contribution in [-0.4, -0.2) is 57.6 Å². The summed E-state index contributed by atoms with van der Waals surface area (Å²) in [4.78, 5) is 41.8. The molecule has 1 aromatic carbocycles. The summed E-state index contributed by atoms with van der Waals surface area (Å²) in [6.07, 6.45) is 2.44. The SMILES string of the molecule is CCc1c(C)[nH]n(-c2cccc(C(=O)N3C[C@@H]4CC[C@H](C3)N(C)C4=O)c2)c1=O. The first-order valence-electron chi connectivity index (χ1n) is 9.87. The van der Waals surface area contributed by atoms with Crippen molar-refractivity contribution in [1.82, 2.24) is 19.6 Å². The van der Waals surface area contributed by atoms with Crippen molar-refractivity contribution in [3.05, 3.63) is 51.4 Å². The van der Waals surface area contributed by atoms with Crippen LogP contribution in [0.1, 0.15) is 41.4 Å². The van der Waals surface area contributed by atoms with Gasteiger partial charge in [-0.2, -0.15) is 0 Å². The predicted molar refractivity (Wildman–Crippen MR) is 106 cm³/mol. The molecular weight excluding hydrogens is 356 g/mol. The molecule has 28 heavy (non-hydrogen) atoms. The van der Waals surface area contributed by atoms with Crippen molar-refractivity contribution >= 4 is 11.8 Å². The predicted octanol–water partition coefficient (Wildman–Crippen LogP) is 1.73. The maximum absolute atomic E-state index is 13.2. The molecule has 148 valence electrons. The molecule has 2 aromatic rings. The van der Waals surface area contributed by atoms with Gasteiger partial charge in [0.1, 0.15) is 0 Å². The van der Waals surface area contributed by atoms with Crippen molar-refractivity contribution in [2.24, 2.45) is 5.92 Å². The average molecular weight is 382 g/mol. The van der Waals surface area contributed by atoms with Crippen molar-refractivity contribution in [3.63, 3.8) is 0 Å². The van der Waals surface area contributed by atoms with E-state index in [1.807, 2.05) is 27.0 Å². The van der Waals surface area contributed by atoms with Crippen LogP contribution >= 0.6 is 0 Å². The minimum atomic E-state index is -0.114. The van der Waals surface area contributed by atoms with Gasteiger partial charge in [0.05, 0.1) is 11.6 Å². The lowest BCUT2D eigenvalue weighted by molar-refractivity contribution is -0.138. The molecular formula is C21H26N4O3. The molecule has 7 nitrogen and oxygen atoms in total. The summed E-state index contributed by atoms with van der Waals surface area (Å²) in [6, 6.07) is 7.21. The maximum Gasteiger partial charge on any atom is 0.274 e. The zero-order valence-corrected chi connectivity index (χ0v) is 16.6. The third-order valence-electron chi connectivity index (χ3n) is 6.15. The van der Waals surface area contributed by atoms with Crippen LogP contribution in [0, 0.1) is 12.8 Å². The lowest BCUT2D eigenvalue weighted by Gasteiger charge is -2.32. The van der Waals surface area contributed by atoms with Gasteiger partial charge in [0.15, 0.2) is 0 Å². The Morgan fingerprint density at radius 1 is 1.21 bits per heavy atom. The zero-order valence-electron chi connectivity index (χ0n) is 16.6. The van der Waals surface area contributed by atoms with Crippen LogP contribution < -0.4 is 5.56 Å². The molecule has 0 radical (unpaired) electrons. The fourth-order valence-electron chi connectivity index (χ4n) is 4.46. The molecule has 5 rings (SSSR count). The summed E-state index contributed by atoms with van der Waals surface area (Å²) in [6.45, 7) is 4.85. The van der Waals surface area contributed by atoms with Crippen LogP contribution in [-0.2, 0) is 11.2 Å². The Kier molecular flexibility index (Phi) is 4.61. The molecule has 4 heterocycles. The number of H-pyrrole nitrogens is 1. The fourth-order valence-corrected chi connectivity index (χ4v) is 4.46. The molecule has 2 atom stereocenters. The van der Waals surface area contributed by atoms with Gasteiger partial charge in [-0.3, -0.25) is 19.5 Å². The number of aromatic amines is 1. The number of benzene rings is 1. The lowest BCUT2D eigenvalue weighted by Crippen LogP contribution is -2.45. The van der Waals surface area contributed by atoms with Gasteiger partial charge >= 0.3 is 0 Å². The number of amides is 2. The highest BCUT2D eigenvalue weighted by atomic mass is 16.2. The van der Waals surface area contributed by atoms with Gasteiger partial charge in [0.25, 0.3) is 11.5 Å². The molecule has 3 saturated heterocycles. The quantitative estimate of drug-likeness (QED) is 0.878. The van der Waals surface area contributed by atoms with E-state index in [0.717, 1.165) is 24.1 Å². The van der Waals surface area contributed by atoms with Crippen LogP contribution in [0.25, 0.3) is 5.69 Å². The van der Waals surface area contributed by atoms with Crippen LogP contribution in [0.3, 0.4) is 0 Å². The van der Waals surface area contributed by atoms with Crippen molar-refractivity contribution in [3.8, 4) is 5.69 Å². The number of nitrogens with one attached hydrogen (secondary N) is 1. The van der Waals surface area contributed by atoms with E-state index in [1.165, 1.54) is 4.68 Å². The highest BCUT2D eigenvalue weighted by Crippen LogP contribution is 2.28. The van der Waals surface area contributed by atoms with E-state index in [-0.39, 0.29) is 29.3 Å². The first kappa shape index (κ1) is 18.5. The van der Waals surface area contributed by atoms with Gasteiger partial charge in [-0.15, -0.1) is 0 Å². The Morgan fingerprint density at radius 3 is 2.71 bits per heavy atom. The number of carbonyl (C=O) groups is 2. The number of carbonyl (C=O) groups excluding carboxylic acids is 2. The topological polar surface area (TPSA) is 78.4 Å². The van der Waals surface area contributed by atoms with Gasteiger partial charge in [0.2, 0.25) is 5.91 Å². The molecule has 1 aromatic heterocycles. The Bertz CT molecular complexity index is 990. The highest BCUT2D eigenvalue weighted by molar-refractivity contribution is 5.95. The number of aromatic nitrogens is 2. The monoisotopic (exact) mass is 382 g/mol. The Hall–Kier alpha value is -2.83. The second-order valence-electron chi connectivity index (χ2n) is 7.85. The van der Waals surface area contributed by atoms with Crippen LogP contribution in [0.15, 0.2) is 29.1 Å². The van der Waals surface area contributed by atoms with E-state index >= 15 is 0 Å². The minimum Gasteiger partial charge on any atom is -0.341 e. The number of nitrogens with zero attached hydrogens (tertiary/aromatic N) is 3. The summed E-state index contributed by atoms with van der Waals surface area (Å²) in [7, 11) is 1.83. The lowest BCUT2D eigenvalue weighted by atomic mass is 9.95. The molecule has 2 amide bonds. The molecule has 0 unspecified atom stereocenters. The Morgan fingerprint density at radius 2 is 2.00 bits per heavy atom. The summed E-state index contributed by atoms with van der Waals surface area (Å²) < 4.78 is 1.49. The molecule has 3 fully saturated rings. The van der Waals surface area contributed by atoms with Gasteiger partial charge in [0, 0.05) is 43.0 Å². The molecule has 0 aliphatic carbocycles. The zero-order chi connectivity index (χ0) is 20.0. The summed E-state index contributed by atoms with van der Waals surface area (Å²) >= 11 is 0. The van der Waals surface area contributed by atoms with Crippen LogP contribution in [0.4, 0.5) is 0 Å². The molecule has 2 bridgehead atoms. The Balaban J connectivity index is 1.64. The number of fused-ring (bicyclic) bond motifs is 4. The number of rotatable bonds is 3. The fraction of sp³-hybridized carbons (Fsp3) is 0.476. The second kappa shape index (κ2) is 6.96. The first-order valence-corrected chi connectivity index (χ1v) is 9.87. The van der Waals surface area contributed by atoms with E-state index < -0.39 is 0 Å². The van der Waals surface area contributed by atoms with E-state index in [2.05, 4.69) is 5.10 Å². The summed E-state index contributed by atoms with van der Waals surface area (Å²) in [5.41, 5.74) is 2.69. The Labute approximate surface area is 163 Å².